The van der Waals surface area contributed by atoms with Crippen molar-refractivity contribution in [1.82, 2.24) is 25.5 Å². The zero-order chi connectivity index (χ0) is 19.5. The zero-order valence-corrected chi connectivity index (χ0v) is 15.8. The van der Waals surface area contributed by atoms with E-state index in [1.807, 2.05) is 37.3 Å². The fraction of sp³-hybridized carbons (Fsp3) is 0.158. The van der Waals surface area contributed by atoms with Crippen molar-refractivity contribution in [1.29, 1.82) is 0 Å². The van der Waals surface area contributed by atoms with Crippen LogP contribution in [0.25, 0.3) is 16.7 Å². The number of hydrogen-bond donors (Lipinski definition) is 2. The van der Waals surface area contributed by atoms with Crippen molar-refractivity contribution in [3.8, 4) is 11.4 Å². The summed E-state index contributed by atoms with van der Waals surface area (Å²) >= 11 is 1.22. The van der Waals surface area contributed by atoms with Gasteiger partial charge in [-0.1, -0.05) is 30.0 Å². The Morgan fingerprint density at radius 2 is 2.04 bits per heavy atom. The number of nitrogens with one attached hydrogen (secondary N) is 1. The summed E-state index contributed by atoms with van der Waals surface area (Å²) in [6, 6.07) is 15.9. The molecular weight excluding hydrogens is 378 g/mol. The minimum absolute atomic E-state index is 0.154. The van der Waals surface area contributed by atoms with Gasteiger partial charge in [-0.3, -0.25) is 4.79 Å². The van der Waals surface area contributed by atoms with E-state index in [1.54, 1.807) is 24.3 Å². The van der Waals surface area contributed by atoms with Crippen LogP contribution < -0.4 is 5.32 Å². The molecule has 0 saturated carbocycles. The average Bonchev–Trinajstić information content (AvgIpc) is 3.34. The molecule has 0 aliphatic carbocycles. The van der Waals surface area contributed by atoms with Crippen LogP contribution in [0.2, 0.25) is 0 Å². The van der Waals surface area contributed by atoms with Gasteiger partial charge in [0, 0.05) is 5.39 Å². The van der Waals surface area contributed by atoms with E-state index >= 15 is 0 Å². The molecule has 1 amide bonds. The zero-order valence-electron chi connectivity index (χ0n) is 14.9. The van der Waals surface area contributed by atoms with Gasteiger partial charge in [-0.15, -0.1) is 5.10 Å². The Kier molecular flexibility index (Phi) is 4.98. The van der Waals surface area contributed by atoms with E-state index < -0.39 is 0 Å². The molecule has 1 atom stereocenters. The van der Waals surface area contributed by atoms with Crippen LogP contribution >= 0.6 is 11.8 Å². The van der Waals surface area contributed by atoms with Crippen molar-refractivity contribution < 1.29 is 14.3 Å². The molecule has 4 aromatic rings. The number of thioether (sulfide) groups is 1. The van der Waals surface area contributed by atoms with Crippen LogP contribution in [-0.2, 0) is 4.79 Å². The van der Waals surface area contributed by atoms with Gasteiger partial charge in [-0.2, -0.15) is 4.68 Å². The number of furan rings is 1. The molecule has 2 heterocycles. The number of phenolic OH excluding ortho intramolecular Hbond substituents is 1. The number of para-hydroxylation sites is 1. The molecule has 28 heavy (non-hydrogen) atoms. The molecule has 0 spiro atoms. The number of phenols is 1. The maximum atomic E-state index is 12.3. The molecule has 142 valence electrons. The SMILES string of the molecule is CC(NC(=O)CSc1nnnn1-c1ccc(O)cc1)c1cc2ccccc2o1. The molecular formula is C19H17N5O3S. The molecule has 8 nitrogen and oxygen atoms in total. The first-order valence-corrected chi connectivity index (χ1v) is 9.57. The highest BCUT2D eigenvalue weighted by Crippen LogP contribution is 2.24. The molecule has 0 bridgehead atoms. The van der Waals surface area contributed by atoms with E-state index in [0.717, 1.165) is 11.0 Å². The molecule has 0 aliphatic heterocycles. The molecule has 0 saturated heterocycles. The van der Waals surface area contributed by atoms with Gasteiger partial charge in [-0.25, -0.2) is 0 Å². The number of tetrazole rings is 1. The predicted molar refractivity (Wildman–Crippen MR) is 104 cm³/mol. The fourth-order valence-corrected chi connectivity index (χ4v) is 3.43. The van der Waals surface area contributed by atoms with Gasteiger partial charge in [0.1, 0.15) is 17.1 Å². The molecule has 0 radical (unpaired) electrons. The third-order valence-corrected chi connectivity index (χ3v) is 5.04. The van der Waals surface area contributed by atoms with Crippen LogP contribution in [0, 0.1) is 0 Å². The highest BCUT2D eigenvalue weighted by Gasteiger charge is 2.16. The van der Waals surface area contributed by atoms with Crippen LogP contribution in [0.4, 0.5) is 0 Å². The number of amides is 1. The number of carbonyl (C=O) groups is 1. The normalized spacial score (nSPS) is 12.2. The van der Waals surface area contributed by atoms with E-state index in [2.05, 4.69) is 20.8 Å². The Morgan fingerprint density at radius 3 is 2.82 bits per heavy atom. The largest absolute Gasteiger partial charge is 0.508 e. The van der Waals surface area contributed by atoms with Gasteiger partial charge in [0.05, 0.1) is 17.5 Å². The summed E-state index contributed by atoms with van der Waals surface area (Å²) < 4.78 is 7.30. The summed E-state index contributed by atoms with van der Waals surface area (Å²) in [7, 11) is 0. The lowest BCUT2D eigenvalue weighted by molar-refractivity contribution is -0.119. The van der Waals surface area contributed by atoms with Gasteiger partial charge >= 0.3 is 0 Å². The van der Waals surface area contributed by atoms with Crippen LogP contribution in [0.5, 0.6) is 5.75 Å². The summed E-state index contributed by atoms with van der Waals surface area (Å²) in [5.41, 5.74) is 1.49. The quantitative estimate of drug-likeness (QED) is 0.483. The molecule has 0 fully saturated rings. The Balaban J connectivity index is 1.38. The van der Waals surface area contributed by atoms with Gasteiger partial charge in [0.25, 0.3) is 0 Å². The summed E-state index contributed by atoms with van der Waals surface area (Å²) in [6.45, 7) is 1.88. The van der Waals surface area contributed by atoms with Gasteiger partial charge in [0.15, 0.2) is 0 Å². The maximum absolute atomic E-state index is 12.3. The van der Waals surface area contributed by atoms with Gasteiger partial charge in [-0.05, 0) is 53.7 Å². The minimum Gasteiger partial charge on any atom is -0.508 e. The van der Waals surface area contributed by atoms with E-state index in [1.165, 1.54) is 16.4 Å². The third kappa shape index (κ3) is 3.84. The maximum Gasteiger partial charge on any atom is 0.231 e. The molecule has 1 unspecified atom stereocenters. The number of nitrogens with zero attached hydrogens (tertiary/aromatic N) is 4. The number of hydrogen-bond acceptors (Lipinski definition) is 7. The van der Waals surface area contributed by atoms with E-state index in [9.17, 15) is 9.90 Å². The number of aromatic nitrogens is 4. The average molecular weight is 395 g/mol. The Labute approximate surface area is 164 Å². The van der Waals surface area contributed by atoms with Crippen LogP contribution in [0.15, 0.2) is 64.2 Å². The van der Waals surface area contributed by atoms with Gasteiger partial charge < -0.3 is 14.8 Å². The van der Waals surface area contributed by atoms with E-state index in [4.69, 9.17) is 4.42 Å². The summed E-state index contributed by atoms with van der Waals surface area (Å²) in [6.07, 6.45) is 0. The lowest BCUT2D eigenvalue weighted by atomic mass is 10.2. The van der Waals surface area contributed by atoms with E-state index in [-0.39, 0.29) is 23.5 Å². The highest BCUT2D eigenvalue weighted by molar-refractivity contribution is 7.99. The first-order valence-electron chi connectivity index (χ1n) is 8.58. The van der Waals surface area contributed by atoms with Crippen molar-refractivity contribution in [3.05, 3.63) is 60.4 Å². The first-order chi connectivity index (χ1) is 13.6. The number of rotatable bonds is 6. The van der Waals surface area contributed by atoms with Crippen LogP contribution in [0.1, 0.15) is 18.7 Å². The Bertz CT molecular complexity index is 1070. The molecule has 9 heteroatoms. The van der Waals surface area contributed by atoms with Crippen LogP contribution in [-0.4, -0.2) is 37.0 Å². The molecule has 2 aromatic heterocycles. The molecule has 2 N–H and O–H groups in total. The van der Waals surface area contributed by atoms with Gasteiger partial charge in [0.2, 0.25) is 11.1 Å². The third-order valence-electron chi connectivity index (χ3n) is 4.12. The van der Waals surface area contributed by atoms with Crippen molar-refractivity contribution in [2.24, 2.45) is 0 Å². The second kappa shape index (κ2) is 7.73. The molecule has 2 aromatic carbocycles. The lowest BCUT2D eigenvalue weighted by Crippen LogP contribution is -2.28. The summed E-state index contributed by atoms with van der Waals surface area (Å²) in [4.78, 5) is 12.3. The lowest BCUT2D eigenvalue weighted by Gasteiger charge is -2.11. The minimum atomic E-state index is -0.256. The fourth-order valence-electron chi connectivity index (χ4n) is 2.72. The summed E-state index contributed by atoms with van der Waals surface area (Å²) in [5, 5.41) is 25.4. The van der Waals surface area contributed by atoms with E-state index in [0.29, 0.717) is 16.6 Å². The number of benzene rings is 2. The molecule has 0 aliphatic rings. The van der Waals surface area contributed by atoms with Crippen molar-refractivity contribution in [2.45, 2.75) is 18.1 Å². The number of fused-ring (bicyclic) bond motifs is 1. The monoisotopic (exact) mass is 395 g/mol. The standard InChI is InChI=1S/C19H17N5O3S/c1-12(17-10-13-4-2-3-5-16(13)27-17)20-18(26)11-28-19-21-22-23-24(19)14-6-8-15(25)9-7-14/h2-10,12,25H,11H2,1H3,(H,20,26). The second-order valence-corrected chi connectivity index (χ2v) is 7.10. The Morgan fingerprint density at radius 1 is 1.25 bits per heavy atom. The predicted octanol–water partition coefficient (Wildman–Crippen LogP) is 3.08. The first kappa shape index (κ1) is 18.1. The number of carbonyl (C=O) groups excluding carboxylic acids is 1. The number of aromatic hydroxyl groups is 1. The topological polar surface area (TPSA) is 106 Å². The van der Waals surface area contributed by atoms with Crippen molar-refractivity contribution in [3.63, 3.8) is 0 Å². The molecule has 4 rings (SSSR count). The Hall–Kier alpha value is -3.33. The summed E-state index contributed by atoms with van der Waals surface area (Å²) in [5.74, 6) is 0.861. The van der Waals surface area contributed by atoms with Crippen LogP contribution in [0.3, 0.4) is 0 Å². The van der Waals surface area contributed by atoms with Crippen molar-refractivity contribution in [2.75, 3.05) is 5.75 Å². The highest BCUT2D eigenvalue weighted by atomic mass is 32.2. The smallest absolute Gasteiger partial charge is 0.231 e. The second-order valence-electron chi connectivity index (χ2n) is 6.15. The van der Waals surface area contributed by atoms with Crippen molar-refractivity contribution >= 4 is 28.6 Å².